The third-order valence-electron chi connectivity index (χ3n) is 4.59. The molecule has 132 valence electrons. The van der Waals surface area contributed by atoms with Gasteiger partial charge in [0, 0.05) is 19.2 Å². The SMILES string of the molecule is O=C(Nc1ccc(F)cc1F)N1CCC(C(O)c2ccccc2)CC1. The number of urea groups is 1. The van der Waals surface area contributed by atoms with Crippen LogP contribution in [0.1, 0.15) is 24.5 Å². The average molecular weight is 346 g/mol. The molecule has 0 radical (unpaired) electrons. The number of carbonyl (C=O) groups excluding carboxylic acids is 1. The molecule has 1 aliphatic rings. The Hall–Kier alpha value is -2.47. The van der Waals surface area contributed by atoms with Gasteiger partial charge in [-0.3, -0.25) is 0 Å². The molecule has 0 saturated carbocycles. The van der Waals surface area contributed by atoms with Crippen LogP contribution in [0.3, 0.4) is 0 Å². The lowest BCUT2D eigenvalue weighted by Gasteiger charge is -2.34. The fourth-order valence-electron chi connectivity index (χ4n) is 3.13. The first-order valence-corrected chi connectivity index (χ1v) is 8.28. The standard InChI is InChI=1S/C19H20F2N2O2/c20-15-6-7-17(16(21)12-15)22-19(25)23-10-8-14(9-11-23)18(24)13-4-2-1-3-5-13/h1-7,12,14,18,24H,8-11H2,(H,22,25). The Morgan fingerprint density at radius 3 is 2.44 bits per heavy atom. The van der Waals surface area contributed by atoms with Crippen LogP contribution in [0.2, 0.25) is 0 Å². The van der Waals surface area contributed by atoms with E-state index >= 15 is 0 Å². The van der Waals surface area contributed by atoms with Crippen molar-refractivity contribution in [1.29, 1.82) is 0 Å². The zero-order valence-electron chi connectivity index (χ0n) is 13.7. The molecular weight excluding hydrogens is 326 g/mol. The van der Waals surface area contributed by atoms with Gasteiger partial charge < -0.3 is 15.3 Å². The number of rotatable bonds is 3. The van der Waals surface area contributed by atoms with E-state index in [2.05, 4.69) is 5.32 Å². The minimum atomic E-state index is -0.803. The van der Waals surface area contributed by atoms with Gasteiger partial charge in [-0.05, 0) is 36.5 Å². The van der Waals surface area contributed by atoms with Crippen molar-refractivity contribution in [2.45, 2.75) is 18.9 Å². The van der Waals surface area contributed by atoms with Gasteiger partial charge >= 0.3 is 6.03 Å². The zero-order valence-corrected chi connectivity index (χ0v) is 13.7. The molecule has 25 heavy (non-hydrogen) atoms. The van der Waals surface area contributed by atoms with Gasteiger partial charge in [0.1, 0.15) is 11.6 Å². The van der Waals surface area contributed by atoms with E-state index in [1.54, 1.807) is 4.90 Å². The number of likely N-dealkylation sites (tertiary alicyclic amines) is 1. The van der Waals surface area contributed by atoms with Crippen LogP contribution in [0, 0.1) is 17.6 Å². The monoisotopic (exact) mass is 346 g/mol. The number of aliphatic hydroxyl groups is 1. The predicted octanol–water partition coefficient (Wildman–Crippen LogP) is 3.94. The molecule has 1 unspecified atom stereocenters. The van der Waals surface area contributed by atoms with Crippen LogP contribution in [0.15, 0.2) is 48.5 Å². The summed E-state index contributed by atoms with van der Waals surface area (Å²) in [5.41, 5.74) is 0.830. The van der Waals surface area contributed by atoms with E-state index in [4.69, 9.17) is 0 Å². The lowest BCUT2D eigenvalue weighted by molar-refractivity contribution is 0.0683. The van der Waals surface area contributed by atoms with Crippen LogP contribution in [0.4, 0.5) is 19.3 Å². The van der Waals surface area contributed by atoms with Crippen LogP contribution in [-0.4, -0.2) is 29.1 Å². The van der Waals surface area contributed by atoms with E-state index in [-0.39, 0.29) is 11.6 Å². The number of carbonyl (C=O) groups is 1. The Morgan fingerprint density at radius 2 is 1.80 bits per heavy atom. The highest BCUT2D eigenvalue weighted by atomic mass is 19.1. The number of anilines is 1. The molecule has 1 atom stereocenters. The van der Waals surface area contributed by atoms with Crippen LogP contribution in [-0.2, 0) is 0 Å². The molecular formula is C19H20F2N2O2. The second kappa shape index (κ2) is 7.61. The van der Waals surface area contributed by atoms with Crippen LogP contribution >= 0.6 is 0 Å². The van der Waals surface area contributed by atoms with Crippen LogP contribution in [0.5, 0.6) is 0 Å². The lowest BCUT2D eigenvalue weighted by atomic mass is 9.87. The summed E-state index contributed by atoms with van der Waals surface area (Å²) in [5, 5.41) is 12.9. The summed E-state index contributed by atoms with van der Waals surface area (Å²) < 4.78 is 26.5. The highest BCUT2D eigenvalue weighted by molar-refractivity contribution is 5.89. The van der Waals surface area contributed by atoms with Gasteiger partial charge in [-0.2, -0.15) is 0 Å². The summed E-state index contributed by atoms with van der Waals surface area (Å²) >= 11 is 0. The molecule has 0 spiro atoms. The molecule has 1 fully saturated rings. The van der Waals surface area contributed by atoms with Gasteiger partial charge in [-0.1, -0.05) is 30.3 Å². The number of amides is 2. The number of halogens is 2. The van der Waals surface area contributed by atoms with Gasteiger partial charge in [0.05, 0.1) is 11.8 Å². The second-order valence-corrected chi connectivity index (χ2v) is 6.23. The molecule has 2 aromatic rings. The van der Waals surface area contributed by atoms with Crippen molar-refractivity contribution in [3.63, 3.8) is 0 Å². The van der Waals surface area contributed by atoms with Crippen molar-refractivity contribution in [3.8, 4) is 0 Å². The van der Waals surface area contributed by atoms with Gasteiger partial charge in [-0.25, -0.2) is 13.6 Å². The summed E-state index contributed by atoms with van der Waals surface area (Å²) in [7, 11) is 0. The Morgan fingerprint density at radius 1 is 1.12 bits per heavy atom. The normalized spacial score (nSPS) is 16.5. The van der Waals surface area contributed by atoms with Crippen LogP contribution < -0.4 is 5.32 Å². The largest absolute Gasteiger partial charge is 0.388 e. The molecule has 2 amide bonds. The van der Waals surface area contributed by atoms with E-state index in [9.17, 15) is 18.7 Å². The van der Waals surface area contributed by atoms with Crippen molar-refractivity contribution >= 4 is 11.7 Å². The molecule has 1 aliphatic heterocycles. The first kappa shape index (κ1) is 17.4. The third-order valence-corrected chi connectivity index (χ3v) is 4.59. The lowest BCUT2D eigenvalue weighted by Crippen LogP contribution is -2.42. The number of nitrogens with one attached hydrogen (secondary N) is 1. The maximum Gasteiger partial charge on any atom is 0.321 e. The summed E-state index contributed by atoms with van der Waals surface area (Å²) in [6, 6.07) is 12.1. The quantitative estimate of drug-likeness (QED) is 0.884. The number of aliphatic hydroxyl groups excluding tert-OH is 1. The van der Waals surface area contributed by atoms with Crippen molar-refractivity contribution in [2.75, 3.05) is 18.4 Å². The van der Waals surface area contributed by atoms with Crippen LogP contribution in [0.25, 0.3) is 0 Å². The summed E-state index contributed by atoms with van der Waals surface area (Å²) in [4.78, 5) is 13.8. The summed E-state index contributed by atoms with van der Waals surface area (Å²) in [6.07, 6.45) is 0.769. The molecule has 0 bridgehead atoms. The maximum atomic E-state index is 13.6. The van der Waals surface area contributed by atoms with E-state index < -0.39 is 23.8 Å². The summed E-state index contributed by atoms with van der Waals surface area (Å²) in [6.45, 7) is 0.951. The molecule has 3 rings (SSSR count). The number of hydrogen-bond donors (Lipinski definition) is 2. The number of nitrogens with zero attached hydrogens (tertiary/aromatic N) is 1. The summed E-state index contributed by atoms with van der Waals surface area (Å²) in [5.74, 6) is -1.41. The molecule has 0 aliphatic carbocycles. The minimum absolute atomic E-state index is 0.0437. The van der Waals surface area contributed by atoms with Crippen molar-refractivity contribution < 1.29 is 18.7 Å². The third kappa shape index (κ3) is 4.14. The Bertz CT molecular complexity index is 731. The van der Waals surface area contributed by atoms with E-state index in [1.807, 2.05) is 30.3 Å². The van der Waals surface area contributed by atoms with Gasteiger partial charge in [-0.15, -0.1) is 0 Å². The van der Waals surface area contributed by atoms with E-state index in [0.29, 0.717) is 25.9 Å². The molecule has 2 N–H and O–H groups in total. The second-order valence-electron chi connectivity index (χ2n) is 6.23. The smallest absolute Gasteiger partial charge is 0.321 e. The average Bonchev–Trinajstić information content (AvgIpc) is 2.64. The Kier molecular flexibility index (Phi) is 5.28. The molecule has 6 heteroatoms. The predicted molar refractivity (Wildman–Crippen MR) is 91.1 cm³/mol. The molecule has 1 heterocycles. The van der Waals surface area contributed by atoms with Crippen molar-refractivity contribution in [3.05, 3.63) is 65.7 Å². The van der Waals surface area contributed by atoms with Gasteiger partial charge in [0.15, 0.2) is 0 Å². The Balaban J connectivity index is 1.55. The van der Waals surface area contributed by atoms with Gasteiger partial charge in [0.2, 0.25) is 0 Å². The van der Waals surface area contributed by atoms with Crippen molar-refractivity contribution in [2.24, 2.45) is 5.92 Å². The van der Waals surface area contributed by atoms with E-state index in [1.165, 1.54) is 6.07 Å². The highest BCUT2D eigenvalue weighted by Gasteiger charge is 2.28. The number of hydrogen-bond acceptors (Lipinski definition) is 2. The molecule has 0 aromatic heterocycles. The Labute approximate surface area is 145 Å². The minimum Gasteiger partial charge on any atom is -0.388 e. The first-order valence-electron chi connectivity index (χ1n) is 8.28. The van der Waals surface area contributed by atoms with Crippen molar-refractivity contribution in [1.82, 2.24) is 4.90 Å². The zero-order chi connectivity index (χ0) is 17.8. The molecule has 2 aromatic carbocycles. The van der Waals surface area contributed by atoms with E-state index in [0.717, 1.165) is 17.7 Å². The maximum absolute atomic E-state index is 13.6. The number of benzene rings is 2. The topological polar surface area (TPSA) is 52.6 Å². The number of piperidine rings is 1. The first-order chi connectivity index (χ1) is 12.0. The fourth-order valence-corrected chi connectivity index (χ4v) is 3.13. The van der Waals surface area contributed by atoms with Gasteiger partial charge in [0.25, 0.3) is 0 Å². The molecule has 4 nitrogen and oxygen atoms in total. The highest BCUT2D eigenvalue weighted by Crippen LogP contribution is 2.30. The molecule has 1 saturated heterocycles. The fraction of sp³-hybridized carbons (Fsp3) is 0.316.